The Bertz CT molecular complexity index is 585. The van der Waals surface area contributed by atoms with Crippen molar-refractivity contribution in [2.24, 2.45) is 5.73 Å². The first kappa shape index (κ1) is 11.5. The van der Waals surface area contributed by atoms with Crippen LogP contribution in [0.5, 0.6) is 5.75 Å². The summed E-state index contributed by atoms with van der Waals surface area (Å²) in [5, 5.41) is 4.43. The van der Waals surface area contributed by atoms with E-state index in [4.69, 9.17) is 31.3 Å². The largest absolute Gasteiger partial charge is 0.466 e. The Hall–Kier alpha value is -1.63. The van der Waals surface area contributed by atoms with Gasteiger partial charge in [-0.3, -0.25) is 0 Å². The molecule has 2 N–H and O–H groups in total. The second kappa shape index (κ2) is 4.56. The van der Waals surface area contributed by atoms with E-state index in [9.17, 15) is 0 Å². The number of rotatable bonds is 2. The lowest BCUT2D eigenvalue weighted by Gasteiger charge is -2.19. The standard InChI is InChI=1S/C11H10ClN3O3/c12-7-1-6-4-16-5-17-10(6)8(2-7)11-14-9(3-13)18-15-11/h1-2H,3-5,13H2. The van der Waals surface area contributed by atoms with Crippen LogP contribution in [0, 0.1) is 0 Å². The number of hydrogen-bond acceptors (Lipinski definition) is 6. The minimum atomic E-state index is 0.194. The van der Waals surface area contributed by atoms with E-state index in [1.165, 1.54) is 0 Å². The van der Waals surface area contributed by atoms with Crippen LogP contribution in [0.2, 0.25) is 5.02 Å². The molecular weight excluding hydrogens is 258 g/mol. The molecule has 1 aliphatic rings. The van der Waals surface area contributed by atoms with Crippen molar-refractivity contribution in [1.82, 2.24) is 10.1 Å². The quantitative estimate of drug-likeness (QED) is 0.892. The summed E-state index contributed by atoms with van der Waals surface area (Å²) in [5.41, 5.74) is 6.98. The molecule has 0 amide bonds. The number of fused-ring (bicyclic) bond motifs is 1. The molecule has 0 saturated heterocycles. The second-order valence-electron chi connectivity index (χ2n) is 3.77. The maximum absolute atomic E-state index is 6.05. The van der Waals surface area contributed by atoms with Gasteiger partial charge in [0.25, 0.3) is 0 Å². The summed E-state index contributed by atoms with van der Waals surface area (Å²) in [6.07, 6.45) is 0. The van der Waals surface area contributed by atoms with Crippen molar-refractivity contribution in [3.63, 3.8) is 0 Å². The molecule has 0 spiro atoms. The lowest BCUT2D eigenvalue weighted by Crippen LogP contribution is -2.12. The maximum Gasteiger partial charge on any atom is 0.240 e. The fraction of sp³-hybridized carbons (Fsp3) is 0.273. The van der Waals surface area contributed by atoms with Gasteiger partial charge in [-0.2, -0.15) is 4.98 Å². The molecule has 18 heavy (non-hydrogen) atoms. The van der Waals surface area contributed by atoms with Gasteiger partial charge in [0.1, 0.15) is 5.75 Å². The summed E-state index contributed by atoms with van der Waals surface area (Å²) in [4.78, 5) is 4.17. The molecule has 3 rings (SSSR count). The van der Waals surface area contributed by atoms with Gasteiger partial charge < -0.3 is 19.7 Å². The third kappa shape index (κ3) is 1.94. The van der Waals surface area contributed by atoms with Crippen LogP contribution in [-0.2, 0) is 17.9 Å². The van der Waals surface area contributed by atoms with Crippen LogP contribution in [0.25, 0.3) is 11.4 Å². The van der Waals surface area contributed by atoms with Crippen LogP contribution in [-0.4, -0.2) is 16.9 Å². The average molecular weight is 268 g/mol. The molecule has 0 fully saturated rings. The molecule has 1 aliphatic heterocycles. The van der Waals surface area contributed by atoms with Gasteiger partial charge >= 0.3 is 0 Å². The smallest absolute Gasteiger partial charge is 0.240 e. The van der Waals surface area contributed by atoms with E-state index in [-0.39, 0.29) is 13.3 Å². The monoisotopic (exact) mass is 267 g/mol. The summed E-state index contributed by atoms with van der Waals surface area (Å²) in [6, 6.07) is 3.53. The average Bonchev–Trinajstić information content (AvgIpc) is 2.86. The van der Waals surface area contributed by atoms with Crippen molar-refractivity contribution in [2.75, 3.05) is 6.79 Å². The van der Waals surface area contributed by atoms with Gasteiger partial charge in [0.05, 0.1) is 18.7 Å². The predicted molar refractivity (Wildman–Crippen MR) is 62.9 cm³/mol. The summed E-state index contributed by atoms with van der Waals surface area (Å²) in [5.74, 6) is 1.46. The first-order valence-corrected chi connectivity index (χ1v) is 5.71. The second-order valence-corrected chi connectivity index (χ2v) is 4.20. The molecule has 0 unspecified atom stereocenters. The highest BCUT2D eigenvalue weighted by Gasteiger charge is 2.20. The maximum atomic E-state index is 6.05. The van der Waals surface area contributed by atoms with Gasteiger partial charge in [-0.25, -0.2) is 0 Å². The molecule has 94 valence electrons. The van der Waals surface area contributed by atoms with E-state index < -0.39 is 0 Å². The van der Waals surface area contributed by atoms with Gasteiger partial charge in [0.15, 0.2) is 6.79 Å². The molecule has 2 aromatic rings. The highest BCUT2D eigenvalue weighted by Crippen LogP contribution is 2.36. The number of ether oxygens (including phenoxy) is 2. The van der Waals surface area contributed by atoms with Crippen LogP contribution in [0.1, 0.15) is 11.5 Å². The summed E-state index contributed by atoms with van der Waals surface area (Å²) in [6.45, 7) is 0.841. The molecule has 0 bridgehead atoms. The topological polar surface area (TPSA) is 83.4 Å². The molecule has 0 saturated carbocycles. The number of nitrogens with two attached hydrogens (primary N) is 1. The Morgan fingerprint density at radius 1 is 1.39 bits per heavy atom. The molecule has 6 nitrogen and oxygen atoms in total. The molecule has 0 radical (unpaired) electrons. The van der Waals surface area contributed by atoms with E-state index in [1.54, 1.807) is 12.1 Å². The fourth-order valence-corrected chi connectivity index (χ4v) is 2.03. The van der Waals surface area contributed by atoms with Crippen LogP contribution >= 0.6 is 11.6 Å². The zero-order chi connectivity index (χ0) is 12.5. The van der Waals surface area contributed by atoms with Crippen LogP contribution < -0.4 is 10.5 Å². The van der Waals surface area contributed by atoms with E-state index in [0.29, 0.717) is 34.7 Å². The van der Waals surface area contributed by atoms with Crippen molar-refractivity contribution < 1.29 is 14.0 Å². The van der Waals surface area contributed by atoms with Gasteiger partial charge in [-0.15, -0.1) is 0 Å². The predicted octanol–water partition coefficient (Wildman–Crippen LogP) is 1.72. The molecule has 1 aromatic heterocycles. The van der Waals surface area contributed by atoms with E-state index in [2.05, 4.69) is 10.1 Å². The van der Waals surface area contributed by atoms with Crippen LogP contribution in [0.15, 0.2) is 16.7 Å². The van der Waals surface area contributed by atoms with Gasteiger partial charge in [0.2, 0.25) is 11.7 Å². The highest BCUT2D eigenvalue weighted by molar-refractivity contribution is 6.31. The van der Waals surface area contributed by atoms with Crippen molar-refractivity contribution >= 4 is 11.6 Å². The Morgan fingerprint density at radius 2 is 2.28 bits per heavy atom. The van der Waals surface area contributed by atoms with Gasteiger partial charge in [0, 0.05) is 10.6 Å². The normalized spacial score (nSPS) is 14.1. The number of nitrogens with zero attached hydrogens (tertiary/aromatic N) is 2. The minimum absolute atomic E-state index is 0.194. The van der Waals surface area contributed by atoms with Crippen molar-refractivity contribution in [2.45, 2.75) is 13.2 Å². The van der Waals surface area contributed by atoms with Gasteiger partial charge in [-0.1, -0.05) is 16.8 Å². The Morgan fingerprint density at radius 3 is 3.06 bits per heavy atom. The SMILES string of the molecule is NCc1nc(-c2cc(Cl)cc3c2OCOC3)no1. The summed E-state index contributed by atoms with van der Waals surface area (Å²) < 4.78 is 15.7. The van der Waals surface area contributed by atoms with Crippen molar-refractivity contribution in [3.05, 3.63) is 28.6 Å². The van der Waals surface area contributed by atoms with Crippen molar-refractivity contribution in [1.29, 1.82) is 0 Å². The van der Waals surface area contributed by atoms with E-state index in [1.807, 2.05) is 0 Å². The number of aromatic nitrogens is 2. The molecule has 0 atom stereocenters. The summed E-state index contributed by atoms with van der Waals surface area (Å²) in [7, 11) is 0. The number of halogens is 1. The van der Waals surface area contributed by atoms with Crippen LogP contribution in [0.3, 0.4) is 0 Å². The zero-order valence-corrected chi connectivity index (χ0v) is 10.1. The van der Waals surface area contributed by atoms with Gasteiger partial charge in [-0.05, 0) is 12.1 Å². The third-order valence-electron chi connectivity index (χ3n) is 2.56. The first-order chi connectivity index (χ1) is 8.78. The summed E-state index contributed by atoms with van der Waals surface area (Å²) >= 11 is 6.05. The molecule has 0 aliphatic carbocycles. The minimum Gasteiger partial charge on any atom is -0.466 e. The molecule has 2 heterocycles. The lowest BCUT2D eigenvalue weighted by molar-refractivity contribution is -0.0159. The number of benzene rings is 1. The highest BCUT2D eigenvalue weighted by atomic mass is 35.5. The van der Waals surface area contributed by atoms with E-state index in [0.717, 1.165) is 5.56 Å². The van der Waals surface area contributed by atoms with E-state index >= 15 is 0 Å². The first-order valence-electron chi connectivity index (χ1n) is 5.34. The number of hydrogen-bond donors (Lipinski definition) is 1. The Kier molecular flexibility index (Phi) is 2.91. The third-order valence-corrected chi connectivity index (χ3v) is 2.78. The molecule has 1 aromatic carbocycles. The molecule has 7 heteroatoms. The van der Waals surface area contributed by atoms with Crippen LogP contribution in [0.4, 0.5) is 0 Å². The lowest BCUT2D eigenvalue weighted by atomic mass is 10.1. The van der Waals surface area contributed by atoms with Crippen molar-refractivity contribution in [3.8, 4) is 17.1 Å². The fourth-order valence-electron chi connectivity index (χ4n) is 1.79. The molecular formula is C11H10ClN3O3. The zero-order valence-electron chi connectivity index (χ0n) is 9.35. The Balaban J connectivity index is 2.12. The Labute approximate surface area is 108 Å².